The second-order valence-corrected chi connectivity index (χ2v) is 7.55. The molecule has 0 aliphatic heterocycles. The number of unbranched alkanes of at least 4 members (excludes halogenated alkanes) is 5. The highest BCUT2D eigenvalue weighted by molar-refractivity contribution is 5.90. The summed E-state index contributed by atoms with van der Waals surface area (Å²) in [5.74, 6) is -1.47. The Morgan fingerprint density at radius 2 is 1.89 bits per heavy atom. The Labute approximate surface area is 168 Å². The molecule has 0 aromatic rings. The Balaban J connectivity index is 2.69. The summed E-state index contributed by atoms with van der Waals surface area (Å²) in [6, 6.07) is 0. The maximum atomic E-state index is 12.1. The zero-order chi connectivity index (χ0) is 20.9. The van der Waals surface area contributed by atoms with Crippen LogP contribution in [0.1, 0.15) is 77.6 Å². The van der Waals surface area contributed by atoms with Gasteiger partial charge in [-0.2, -0.15) is 0 Å². The van der Waals surface area contributed by atoms with E-state index in [0.717, 1.165) is 44.1 Å². The summed E-state index contributed by atoms with van der Waals surface area (Å²) >= 11 is 0. The van der Waals surface area contributed by atoms with Crippen LogP contribution in [0.25, 0.3) is 0 Å². The number of ether oxygens (including phenoxy) is 1. The van der Waals surface area contributed by atoms with Crippen LogP contribution in [-0.4, -0.2) is 46.6 Å². The van der Waals surface area contributed by atoms with Crippen LogP contribution in [0.5, 0.6) is 0 Å². The predicted octanol–water partition coefficient (Wildman–Crippen LogP) is 3.76. The first-order valence-electron chi connectivity index (χ1n) is 10.5. The summed E-state index contributed by atoms with van der Waals surface area (Å²) < 4.78 is 4.88. The van der Waals surface area contributed by atoms with E-state index in [4.69, 9.17) is 9.84 Å². The van der Waals surface area contributed by atoms with Gasteiger partial charge in [0.15, 0.2) is 0 Å². The van der Waals surface area contributed by atoms with Crippen molar-refractivity contribution in [2.24, 2.45) is 5.92 Å². The fraction of sp³-hybridized carbons (Fsp3) is 0.727. The van der Waals surface area contributed by atoms with E-state index in [9.17, 15) is 19.8 Å². The maximum absolute atomic E-state index is 12.1. The molecule has 0 spiro atoms. The molecule has 0 saturated carbocycles. The average molecular weight is 397 g/mol. The standard InChI is InChI=1S/C22H36O6/c1-3-4-7-10-16(23)13-14-18-17(11-8-5-6-9-12-21(25)26)19(15-20(18)24)22(27)28-2/h13-14,16,18,20,23-24H,3-12,15H2,1-2H3,(H,25,26)/b14-13+/t16-,18+,20+/m0/s1. The molecule has 0 unspecified atom stereocenters. The molecule has 0 amide bonds. The van der Waals surface area contributed by atoms with Gasteiger partial charge in [0.1, 0.15) is 0 Å². The zero-order valence-corrected chi connectivity index (χ0v) is 17.2. The van der Waals surface area contributed by atoms with Crippen molar-refractivity contribution in [2.45, 2.75) is 89.8 Å². The van der Waals surface area contributed by atoms with Gasteiger partial charge in [-0.15, -0.1) is 0 Å². The third kappa shape index (κ3) is 8.57. The number of carboxylic acid groups (broad SMARTS) is 1. The van der Waals surface area contributed by atoms with E-state index in [0.29, 0.717) is 24.8 Å². The van der Waals surface area contributed by atoms with E-state index >= 15 is 0 Å². The summed E-state index contributed by atoms with van der Waals surface area (Å²) in [6.07, 6.45) is 10.4. The smallest absolute Gasteiger partial charge is 0.333 e. The van der Waals surface area contributed by atoms with Gasteiger partial charge in [0.25, 0.3) is 0 Å². The Morgan fingerprint density at radius 3 is 2.54 bits per heavy atom. The van der Waals surface area contributed by atoms with E-state index in [1.165, 1.54) is 7.11 Å². The van der Waals surface area contributed by atoms with Gasteiger partial charge in [-0.3, -0.25) is 4.79 Å². The number of carbonyl (C=O) groups excluding carboxylic acids is 1. The van der Waals surface area contributed by atoms with Gasteiger partial charge in [-0.25, -0.2) is 4.79 Å². The van der Waals surface area contributed by atoms with Gasteiger partial charge in [0.05, 0.1) is 19.3 Å². The fourth-order valence-corrected chi connectivity index (χ4v) is 3.69. The Kier molecular flexibility index (Phi) is 11.8. The predicted molar refractivity (Wildman–Crippen MR) is 108 cm³/mol. The van der Waals surface area contributed by atoms with Gasteiger partial charge < -0.3 is 20.1 Å². The summed E-state index contributed by atoms with van der Waals surface area (Å²) in [5.41, 5.74) is 1.42. The molecule has 1 rings (SSSR count). The molecule has 0 saturated heterocycles. The van der Waals surface area contributed by atoms with Crippen molar-refractivity contribution < 1.29 is 29.6 Å². The van der Waals surface area contributed by atoms with Crippen LogP contribution in [0.4, 0.5) is 0 Å². The fourth-order valence-electron chi connectivity index (χ4n) is 3.69. The lowest BCUT2D eigenvalue weighted by Gasteiger charge is -2.16. The van der Waals surface area contributed by atoms with Crippen molar-refractivity contribution in [2.75, 3.05) is 7.11 Å². The number of esters is 1. The molecule has 6 nitrogen and oxygen atoms in total. The topological polar surface area (TPSA) is 104 Å². The van der Waals surface area contributed by atoms with Crippen LogP contribution in [0, 0.1) is 5.92 Å². The lowest BCUT2D eigenvalue weighted by molar-refractivity contribution is -0.137. The van der Waals surface area contributed by atoms with Crippen molar-refractivity contribution >= 4 is 11.9 Å². The van der Waals surface area contributed by atoms with Crippen LogP contribution < -0.4 is 0 Å². The van der Waals surface area contributed by atoms with Crippen molar-refractivity contribution in [3.63, 3.8) is 0 Å². The number of aliphatic hydroxyl groups excluding tert-OH is 2. The molecule has 3 N–H and O–H groups in total. The zero-order valence-electron chi connectivity index (χ0n) is 17.2. The molecule has 160 valence electrons. The monoisotopic (exact) mass is 396 g/mol. The van der Waals surface area contributed by atoms with Crippen molar-refractivity contribution in [1.29, 1.82) is 0 Å². The first-order chi connectivity index (χ1) is 13.4. The first kappa shape index (κ1) is 24.4. The minimum Gasteiger partial charge on any atom is -0.481 e. The summed E-state index contributed by atoms with van der Waals surface area (Å²) in [5, 5.41) is 29.3. The van der Waals surface area contributed by atoms with Gasteiger partial charge in [-0.1, -0.05) is 56.8 Å². The van der Waals surface area contributed by atoms with E-state index in [-0.39, 0.29) is 18.8 Å². The van der Waals surface area contributed by atoms with E-state index in [1.807, 2.05) is 6.08 Å². The number of rotatable bonds is 14. The van der Waals surface area contributed by atoms with Crippen LogP contribution in [0.2, 0.25) is 0 Å². The molecule has 1 aliphatic rings. The number of methoxy groups -OCH3 is 1. The van der Waals surface area contributed by atoms with Gasteiger partial charge in [-0.05, 0) is 25.7 Å². The third-order valence-electron chi connectivity index (χ3n) is 5.28. The largest absolute Gasteiger partial charge is 0.481 e. The number of carboxylic acids is 1. The van der Waals surface area contributed by atoms with E-state index < -0.39 is 24.1 Å². The first-order valence-corrected chi connectivity index (χ1v) is 10.5. The minimum absolute atomic E-state index is 0.177. The Morgan fingerprint density at radius 1 is 1.18 bits per heavy atom. The molecule has 3 atom stereocenters. The second kappa shape index (κ2) is 13.5. The summed E-state index contributed by atoms with van der Waals surface area (Å²) in [7, 11) is 1.34. The highest BCUT2D eigenvalue weighted by Gasteiger charge is 2.35. The highest BCUT2D eigenvalue weighted by Crippen LogP contribution is 2.37. The van der Waals surface area contributed by atoms with Gasteiger partial charge >= 0.3 is 11.9 Å². The highest BCUT2D eigenvalue weighted by atomic mass is 16.5. The number of hydrogen-bond acceptors (Lipinski definition) is 5. The van der Waals surface area contributed by atoms with Crippen LogP contribution in [-0.2, 0) is 14.3 Å². The van der Waals surface area contributed by atoms with Crippen LogP contribution >= 0.6 is 0 Å². The minimum atomic E-state index is -0.780. The summed E-state index contributed by atoms with van der Waals surface area (Å²) in [6.45, 7) is 2.12. The molecule has 0 aromatic heterocycles. The average Bonchev–Trinajstić information content (AvgIpc) is 2.97. The number of aliphatic hydroxyl groups is 2. The molecule has 0 heterocycles. The molecule has 0 aromatic carbocycles. The lowest BCUT2D eigenvalue weighted by atomic mass is 9.92. The molecule has 0 bridgehead atoms. The molecule has 6 heteroatoms. The molecule has 28 heavy (non-hydrogen) atoms. The SMILES string of the molecule is CCCCC[C@H](O)/C=C/[C@@H]1C(CCCCCCC(=O)O)=C(C(=O)OC)C[C@H]1O. The number of hydrogen-bond donors (Lipinski definition) is 3. The quantitative estimate of drug-likeness (QED) is 0.235. The van der Waals surface area contributed by atoms with E-state index in [1.54, 1.807) is 6.08 Å². The maximum Gasteiger partial charge on any atom is 0.333 e. The molecule has 0 radical (unpaired) electrons. The van der Waals surface area contributed by atoms with Crippen LogP contribution in [0.15, 0.2) is 23.3 Å². The normalized spacial score (nSPS) is 20.7. The lowest BCUT2D eigenvalue weighted by Crippen LogP contribution is -2.15. The molecule has 0 fully saturated rings. The van der Waals surface area contributed by atoms with Crippen molar-refractivity contribution in [1.82, 2.24) is 0 Å². The molecule has 1 aliphatic carbocycles. The van der Waals surface area contributed by atoms with Crippen molar-refractivity contribution in [3.8, 4) is 0 Å². The second-order valence-electron chi connectivity index (χ2n) is 7.55. The van der Waals surface area contributed by atoms with E-state index in [2.05, 4.69) is 6.92 Å². The van der Waals surface area contributed by atoms with Crippen molar-refractivity contribution in [3.05, 3.63) is 23.3 Å². The number of aliphatic carboxylic acids is 1. The Bertz CT molecular complexity index is 551. The molecular formula is C22H36O6. The third-order valence-corrected chi connectivity index (χ3v) is 5.28. The Hall–Kier alpha value is -1.66. The number of carbonyl (C=O) groups is 2. The van der Waals surface area contributed by atoms with Gasteiger partial charge in [0, 0.05) is 24.3 Å². The van der Waals surface area contributed by atoms with Crippen LogP contribution in [0.3, 0.4) is 0 Å². The summed E-state index contributed by atoms with van der Waals surface area (Å²) in [4.78, 5) is 22.7. The van der Waals surface area contributed by atoms with Gasteiger partial charge in [0.2, 0.25) is 0 Å². The molecular weight excluding hydrogens is 360 g/mol.